The Morgan fingerprint density at radius 2 is 1.70 bits per heavy atom. The van der Waals surface area contributed by atoms with Crippen LogP contribution in [0.5, 0.6) is 0 Å². The summed E-state index contributed by atoms with van der Waals surface area (Å²) >= 11 is 0. The molecule has 0 saturated heterocycles. The second kappa shape index (κ2) is 13.8. The average molecular weight is 376 g/mol. The van der Waals surface area contributed by atoms with E-state index in [0.29, 0.717) is 13.0 Å². The monoisotopic (exact) mass is 375 g/mol. The summed E-state index contributed by atoms with van der Waals surface area (Å²) in [7, 11) is 0. The first-order valence-electron chi connectivity index (χ1n) is 9.92. The second-order valence-corrected chi connectivity index (χ2v) is 6.83. The molecule has 0 bridgehead atoms. The summed E-state index contributed by atoms with van der Waals surface area (Å²) in [4.78, 5) is 35.6. The molecule has 0 aliphatic rings. The van der Waals surface area contributed by atoms with Crippen LogP contribution >= 0.6 is 0 Å². The van der Waals surface area contributed by atoms with Gasteiger partial charge in [-0.15, -0.1) is 0 Å². The number of hydrogen-bond donors (Lipinski definition) is 3. The van der Waals surface area contributed by atoms with Crippen molar-refractivity contribution < 1.29 is 14.4 Å². The molecular weight excluding hydrogens is 342 g/mol. The number of unbranched alkanes of at least 4 members (excludes halogenated alkanes) is 4. The van der Waals surface area contributed by atoms with Crippen molar-refractivity contribution in [3.63, 3.8) is 0 Å². The van der Waals surface area contributed by atoms with Gasteiger partial charge in [0, 0.05) is 13.0 Å². The molecule has 27 heavy (non-hydrogen) atoms. The Labute approximate surface area is 162 Å². The molecule has 3 amide bonds. The van der Waals surface area contributed by atoms with Crippen LogP contribution in [-0.4, -0.2) is 30.3 Å². The van der Waals surface area contributed by atoms with Crippen LogP contribution in [-0.2, 0) is 20.8 Å². The maximum absolute atomic E-state index is 12.3. The van der Waals surface area contributed by atoms with Gasteiger partial charge in [-0.05, 0) is 24.8 Å². The highest BCUT2D eigenvalue weighted by atomic mass is 16.2. The molecule has 1 rings (SSSR count). The lowest BCUT2D eigenvalue weighted by atomic mass is 10.1. The number of nitrogens with two attached hydrogens (primary N) is 1. The number of primary amides is 1. The van der Waals surface area contributed by atoms with Crippen molar-refractivity contribution in [1.29, 1.82) is 0 Å². The number of rotatable bonds is 14. The van der Waals surface area contributed by atoms with Gasteiger partial charge in [-0.25, -0.2) is 0 Å². The molecule has 0 aliphatic carbocycles. The molecule has 0 radical (unpaired) electrons. The first kappa shape index (κ1) is 22.7. The molecule has 0 aromatic heterocycles. The topological polar surface area (TPSA) is 101 Å². The molecule has 0 aliphatic heterocycles. The van der Waals surface area contributed by atoms with Crippen molar-refractivity contribution in [3.8, 4) is 0 Å². The molecule has 0 saturated carbocycles. The summed E-state index contributed by atoms with van der Waals surface area (Å²) in [6.45, 7) is 2.62. The van der Waals surface area contributed by atoms with Crippen molar-refractivity contribution in [2.24, 2.45) is 5.73 Å². The van der Waals surface area contributed by atoms with Crippen molar-refractivity contribution in [3.05, 3.63) is 35.9 Å². The quantitative estimate of drug-likeness (QED) is 0.435. The minimum absolute atomic E-state index is 0.188. The Kier molecular flexibility index (Phi) is 11.6. The van der Waals surface area contributed by atoms with Crippen LogP contribution in [0.25, 0.3) is 0 Å². The summed E-state index contributed by atoms with van der Waals surface area (Å²) in [6, 6.07) is 9.11. The Morgan fingerprint density at radius 3 is 2.37 bits per heavy atom. The van der Waals surface area contributed by atoms with E-state index < -0.39 is 11.9 Å². The number of carbonyl (C=O) groups excluding carboxylic acids is 3. The zero-order valence-corrected chi connectivity index (χ0v) is 16.3. The fourth-order valence-electron chi connectivity index (χ4n) is 2.84. The Hall–Kier alpha value is -2.37. The van der Waals surface area contributed by atoms with E-state index in [2.05, 4.69) is 17.6 Å². The lowest BCUT2D eigenvalue weighted by Gasteiger charge is -2.17. The summed E-state index contributed by atoms with van der Waals surface area (Å²) < 4.78 is 0. The highest BCUT2D eigenvalue weighted by Gasteiger charge is 2.22. The van der Waals surface area contributed by atoms with E-state index in [-0.39, 0.29) is 18.2 Å². The van der Waals surface area contributed by atoms with Gasteiger partial charge in [0.2, 0.25) is 17.7 Å². The van der Waals surface area contributed by atoms with Crippen LogP contribution in [0.3, 0.4) is 0 Å². The highest BCUT2D eigenvalue weighted by Crippen LogP contribution is 2.05. The van der Waals surface area contributed by atoms with Crippen LogP contribution in [0.1, 0.15) is 63.9 Å². The molecule has 0 unspecified atom stereocenters. The minimum Gasteiger partial charge on any atom is -0.370 e. The van der Waals surface area contributed by atoms with Crippen molar-refractivity contribution in [1.82, 2.24) is 10.6 Å². The number of nitrogens with one attached hydrogen (secondary N) is 2. The number of amides is 3. The number of hydrogen-bond acceptors (Lipinski definition) is 3. The third kappa shape index (κ3) is 11.1. The van der Waals surface area contributed by atoms with Gasteiger partial charge in [0.1, 0.15) is 6.04 Å². The summed E-state index contributed by atoms with van der Waals surface area (Å²) in [5.41, 5.74) is 6.43. The van der Waals surface area contributed by atoms with E-state index in [1.165, 1.54) is 5.56 Å². The van der Waals surface area contributed by atoms with Crippen molar-refractivity contribution in [2.45, 2.75) is 70.8 Å². The molecule has 4 N–H and O–H groups in total. The smallest absolute Gasteiger partial charge is 0.243 e. The fourth-order valence-corrected chi connectivity index (χ4v) is 2.84. The molecule has 150 valence electrons. The largest absolute Gasteiger partial charge is 0.370 e. The lowest BCUT2D eigenvalue weighted by Crippen LogP contribution is -2.48. The van der Waals surface area contributed by atoms with Crippen LogP contribution in [0.4, 0.5) is 0 Å². The number of benzene rings is 1. The third-order valence-corrected chi connectivity index (χ3v) is 4.35. The van der Waals surface area contributed by atoms with Crippen LogP contribution < -0.4 is 16.4 Å². The molecule has 6 heteroatoms. The van der Waals surface area contributed by atoms with Gasteiger partial charge in [0.05, 0.1) is 6.42 Å². The van der Waals surface area contributed by atoms with E-state index >= 15 is 0 Å². The summed E-state index contributed by atoms with van der Waals surface area (Å²) in [6.07, 6.45) is 7.01. The predicted octanol–water partition coefficient (Wildman–Crippen LogP) is 2.46. The Bertz CT molecular complexity index is 575. The van der Waals surface area contributed by atoms with E-state index in [9.17, 15) is 14.4 Å². The third-order valence-electron chi connectivity index (χ3n) is 4.35. The van der Waals surface area contributed by atoms with E-state index in [1.54, 1.807) is 0 Å². The predicted molar refractivity (Wildman–Crippen MR) is 107 cm³/mol. The van der Waals surface area contributed by atoms with Crippen LogP contribution in [0.2, 0.25) is 0 Å². The molecule has 1 atom stereocenters. The molecule has 0 fully saturated rings. The Balaban J connectivity index is 2.34. The normalized spacial score (nSPS) is 11.6. The molecule has 1 aromatic rings. The average Bonchev–Trinajstić information content (AvgIpc) is 2.65. The van der Waals surface area contributed by atoms with Gasteiger partial charge in [-0.2, -0.15) is 0 Å². The first-order valence-corrected chi connectivity index (χ1v) is 9.92. The molecule has 6 nitrogen and oxygen atoms in total. The van der Waals surface area contributed by atoms with Crippen molar-refractivity contribution in [2.75, 3.05) is 6.54 Å². The standard InChI is InChI=1S/C21H33N3O3/c1-2-3-4-5-9-14-20(26)24-18(16-19(22)25)21(27)23-15-10-13-17-11-7-6-8-12-17/h6-8,11-12,18H,2-5,9-10,13-16H2,1H3,(H2,22,25)(H,23,27)(H,24,26)/t18-/m1/s1. The van der Waals surface area contributed by atoms with Gasteiger partial charge < -0.3 is 16.4 Å². The fraction of sp³-hybridized carbons (Fsp3) is 0.571. The SMILES string of the molecule is CCCCCCCC(=O)N[C@H](CC(N)=O)C(=O)NCCCc1ccccc1. The van der Waals surface area contributed by atoms with E-state index in [0.717, 1.165) is 44.9 Å². The van der Waals surface area contributed by atoms with E-state index in [4.69, 9.17) is 5.73 Å². The lowest BCUT2D eigenvalue weighted by molar-refractivity contribution is -0.131. The van der Waals surface area contributed by atoms with Gasteiger partial charge in [-0.3, -0.25) is 14.4 Å². The van der Waals surface area contributed by atoms with Gasteiger partial charge in [0.25, 0.3) is 0 Å². The zero-order chi connectivity index (χ0) is 19.9. The molecule has 0 heterocycles. The summed E-state index contributed by atoms with van der Waals surface area (Å²) in [5, 5.41) is 5.43. The maximum atomic E-state index is 12.3. The molecule has 1 aromatic carbocycles. The molecule has 0 spiro atoms. The van der Waals surface area contributed by atoms with E-state index in [1.807, 2.05) is 30.3 Å². The first-order chi connectivity index (χ1) is 13.0. The van der Waals surface area contributed by atoms with Gasteiger partial charge in [0.15, 0.2) is 0 Å². The second-order valence-electron chi connectivity index (χ2n) is 6.83. The number of aryl methyl sites for hydroxylation is 1. The highest BCUT2D eigenvalue weighted by molar-refractivity contribution is 5.91. The van der Waals surface area contributed by atoms with Gasteiger partial charge in [-0.1, -0.05) is 62.9 Å². The molecular formula is C21H33N3O3. The van der Waals surface area contributed by atoms with Crippen LogP contribution in [0, 0.1) is 0 Å². The van der Waals surface area contributed by atoms with Gasteiger partial charge >= 0.3 is 0 Å². The van der Waals surface area contributed by atoms with Crippen LogP contribution in [0.15, 0.2) is 30.3 Å². The minimum atomic E-state index is -0.901. The summed E-state index contributed by atoms with van der Waals surface area (Å²) in [5.74, 6) is -1.18. The Morgan fingerprint density at radius 1 is 1.00 bits per heavy atom. The maximum Gasteiger partial charge on any atom is 0.243 e. The zero-order valence-electron chi connectivity index (χ0n) is 16.3. The van der Waals surface area contributed by atoms with Crippen molar-refractivity contribution >= 4 is 17.7 Å². The number of carbonyl (C=O) groups is 3.